The predicted molar refractivity (Wildman–Crippen MR) is 90.3 cm³/mol. The van der Waals surface area contributed by atoms with Gasteiger partial charge >= 0.3 is 0 Å². The van der Waals surface area contributed by atoms with Crippen LogP contribution in [0, 0.1) is 17.6 Å². The lowest BCUT2D eigenvalue weighted by Gasteiger charge is -2.36. The Balaban J connectivity index is 2.63. The lowest BCUT2D eigenvalue weighted by Crippen LogP contribution is -2.48. The summed E-state index contributed by atoms with van der Waals surface area (Å²) in [5.41, 5.74) is 0.985. The van der Waals surface area contributed by atoms with Crippen LogP contribution in [0.25, 0.3) is 0 Å². The highest BCUT2D eigenvalue weighted by molar-refractivity contribution is 6.94. The molecule has 1 aromatic rings. The molecule has 0 bridgehead atoms. The monoisotopic (exact) mass is 287 g/mol. The lowest BCUT2D eigenvalue weighted by molar-refractivity contribution is 0.274. The molecule has 110 valence electrons. The third-order valence-corrected chi connectivity index (χ3v) is 6.87. The summed E-state index contributed by atoms with van der Waals surface area (Å²) in [7, 11) is -0.0146. The van der Waals surface area contributed by atoms with Crippen LogP contribution in [0.3, 0.4) is 0 Å². The fourth-order valence-corrected chi connectivity index (χ4v) is 4.43. The minimum Gasteiger partial charge on any atom is -0.436 e. The first kappa shape index (κ1) is 16.9. The zero-order valence-electron chi connectivity index (χ0n) is 13.3. The minimum absolute atomic E-state index is 0.978. The van der Waals surface area contributed by atoms with E-state index in [0.29, 0.717) is 0 Å². The second kappa shape index (κ2) is 8.89. The largest absolute Gasteiger partial charge is 0.436 e. The average Bonchev–Trinajstić information content (AvgIpc) is 2.47. The second-order valence-corrected chi connectivity index (χ2v) is 9.92. The first-order valence-electron chi connectivity index (χ1n) is 7.58. The van der Waals surface area contributed by atoms with Crippen molar-refractivity contribution in [1.29, 1.82) is 0 Å². The molecule has 0 fully saturated rings. The quantitative estimate of drug-likeness (QED) is 0.314. The van der Waals surface area contributed by atoms with Gasteiger partial charge in [0.15, 0.2) is 0 Å². The molecule has 1 rings (SSSR count). The van der Waals surface area contributed by atoms with Crippen molar-refractivity contribution in [3.63, 3.8) is 0 Å². The molecule has 0 heterocycles. The Morgan fingerprint density at radius 2 is 1.80 bits per heavy atom. The van der Waals surface area contributed by atoms with Gasteiger partial charge in [-0.2, -0.15) is 0 Å². The first-order chi connectivity index (χ1) is 9.62. The molecule has 0 aliphatic carbocycles. The zero-order valence-corrected chi connectivity index (χ0v) is 14.3. The molecule has 1 aromatic carbocycles. The average molecular weight is 287 g/mol. The topological polar surface area (TPSA) is 9.23 Å². The normalized spacial score (nSPS) is 10.8. The van der Waals surface area contributed by atoms with Gasteiger partial charge in [-0.05, 0) is 0 Å². The summed E-state index contributed by atoms with van der Waals surface area (Å²) in [5, 5.41) is 1.37. The van der Waals surface area contributed by atoms with Gasteiger partial charge in [0.25, 0.3) is 0 Å². The third kappa shape index (κ3) is 5.07. The van der Waals surface area contributed by atoms with Gasteiger partial charge in [0.1, 0.15) is 0 Å². The molecule has 0 radical (unpaired) electrons. The van der Waals surface area contributed by atoms with Crippen LogP contribution < -0.4 is 5.19 Å². The highest BCUT2D eigenvalue weighted by Gasteiger charge is 2.25. The molecule has 0 spiro atoms. The zero-order chi connectivity index (χ0) is 14.8. The van der Waals surface area contributed by atoms with Crippen molar-refractivity contribution in [2.24, 2.45) is 0 Å². The van der Waals surface area contributed by atoms with Crippen molar-refractivity contribution in [1.82, 2.24) is 0 Å². The Labute approximate surface area is 125 Å². The maximum atomic E-state index is 5.60. The molecule has 0 atom stereocenters. The fraction of sp³-hybridized carbons (Fsp3) is 0.500. The summed E-state index contributed by atoms with van der Waals surface area (Å²) >= 11 is 0. The van der Waals surface area contributed by atoms with Crippen LogP contribution in [0.2, 0.25) is 13.1 Å². The van der Waals surface area contributed by atoms with Gasteiger partial charge < -0.3 is 10.7 Å². The number of methoxy groups -OCH3 is 1. The van der Waals surface area contributed by atoms with Crippen LogP contribution in [0.5, 0.6) is 0 Å². The number of hydrogen-bond donors (Lipinski definition) is 0. The minimum atomic E-state index is -1.76. The molecule has 1 nitrogen and oxygen atoms in total. The van der Waals surface area contributed by atoms with Crippen LogP contribution in [0.1, 0.15) is 39.0 Å². The molecule has 0 aromatic heterocycles. The lowest BCUT2D eigenvalue weighted by atomic mass is 10.2. The first-order valence-corrected chi connectivity index (χ1v) is 10.6. The SMILES string of the molecule is CCCCCCC#C[C-](OC)[Si](C)(C)c1ccccc1. The van der Waals surface area contributed by atoms with Gasteiger partial charge in [-0.3, -0.25) is 5.92 Å². The molecular weight excluding hydrogens is 260 g/mol. The van der Waals surface area contributed by atoms with E-state index < -0.39 is 8.07 Å². The summed E-state index contributed by atoms with van der Waals surface area (Å²) in [5.74, 6) is 6.59. The van der Waals surface area contributed by atoms with Gasteiger partial charge in [-0.1, -0.05) is 93.4 Å². The molecule has 0 N–H and O–H groups in total. The molecule has 0 saturated carbocycles. The van der Waals surface area contributed by atoms with E-state index in [1.165, 1.54) is 30.9 Å². The van der Waals surface area contributed by atoms with E-state index in [9.17, 15) is 0 Å². The molecule has 0 aliphatic rings. The Morgan fingerprint density at radius 3 is 2.40 bits per heavy atom. The summed E-state index contributed by atoms with van der Waals surface area (Å²) in [6.45, 7) is 6.83. The van der Waals surface area contributed by atoms with E-state index in [1.807, 2.05) is 0 Å². The Hall–Kier alpha value is -1.17. The van der Waals surface area contributed by atoms with Gasteiger partial charge in [0, 0.05) is 7.11 Å². The molecule has 0 amide bonds. The Morgan fingerprint density at radius 1 is 1.10 bits per heavy atom. The fourth-order valence-electron chi connectivity index (χ4n) is 2.23. The van der Waals surface area contributed by atoms with E-state index >= 15 is 0 Å². The molecule has 0 saturated heterocycles. The van der Waals surface area contributed by atoms with E-state index in [0.717, 1.165) is 12.1 Å². The van der Waals surface area contributed by atoms with Crippen molar-refractivity contribution in [3.05, 3.63) is 36.1 Å². The van der Waals surface area contributed by atoms with E-state index in [-0.39, 0.29) is 0 Å². The summed E-state index contributed by atoms with van der Waals surface area (Å²) in [6, 6.07) is 10.6. The molecule has 0 unspecified atom stereocenters. The van der Waals surface area contributed by atoms with Crippen LogP contribution in [-0.4, -0.2) is 15.2 Å². The molecular formula is C18H27OSi-. The number of unbranched alkanes of at least 4 members (excludes halogenated alkanes) is 4. The van der Waals surface area contributed by atoms with Crippen LogP contribution in [0.15, 0.2) is 30.3 Å². The van der Waals surface area contributed by atoms with E-state index in [1.54, 1.807) is 7.11 Å². The van der Waals surface area contributed by atoms with Gasteiger partial charge in [-0.15, -0.1) is 0 Å². The van der Waals surface area contributed by atoms with Crippen molar-refractivity contribution in [3.8, 4) is 11.8 Å². The van der Waals surface area contributed by atoms with Crippen molar-refractivity contribution in [2.75, 3.05) is 7.11 Å². The maximum Gasteiger partial charge on any atom is 0.0623 e. The maximum absolute atomic E-state index is 5.60. The van der Waals surface area contributed by atoms with Gasteiger partial charge in [0.05, 0.1) is 8.07 Å². The molecule has 20 heavy (non-hydrogen) atoms. The summed E-state index contributed by atoms with van der Waals surface area (Å²) < 4.78 is 5.60. The standard InChI is InChI=1S/C18H27OSi/c1-5-6-7-8-9-13-16-18(19-2)20(3,4)17-14-11-10-12-15-17/h10-12,14-15H,5-9H2,1-4H3/q-1. The number of ether oxygens (including phenoxy) is 1. The molecule has 0 aliphatic heterocycles. The highest BCUT2D eigenvalue weighted by atomic mass is 28.3. The van der Waals surface area contributed by atoms with Crippen LogP contribution >= 0.6 is 0 Å². The summed E-state index contributed by atoms with van der Waals surface area (Å²) in [6.07, 6.45) is 6.05. The summed E-state index contributed by atoms with van der Waals surface area (Å²) in [4.78, 5) is 0. The highest BCUT2D eigenvalue weighted by Crippen LogP contribution is 2.18. The predicted octanol–water partition coefficient (Wildman–Crippen LogP) is 4.29. The molecule has 2 heteroatoms. The Bertz CT molecular complexity index is 428. The van der Waals surface area contributed by atoms with Crippen molar-refractivity contribution < 1.29 is 4.74 Å². The van der Waals surface area contributed by atoms with Gasteiger partial charge in [-0.25, -0.2) is 0 Å². The third-order valence-electron chi connectivity index (χ3n) is 3.62. The Kier molecular flexibility index (Phi) is 7.50. The van der Waals surface area contributed by atoms with Gasteiger partial charge in [0.2, 0.25) is 0 Å². The number of benzene rings is 1. The van der Waals surface area contributed by atoms with Crippen LogP contribution in [0.4, 0.5) is 0 Å². The van der Waals surface area contributed by atoms with Crippen molar-refractivity contribution >= 4 is 13.3 Å². The van der Waals surface area contributed by atoms with E-state index in [4.69, 9.17) is 4.74 Å². The number of rotatable bonds is 7. The van der Waals surface area contributed by atoms with Crippen molar-refractivity contribution in [2.45, 2.75) is 52.1 Å². The smallest absolute Gasteiger partial charge is 0.0623 e. The second-order valence-electron chi connectivity index (χ2n) is 5.64. The van der Waals surface area contributed by atoms with E-state index in [2.05, 4.69) is 62.2 Å². The van der Waals surface area contributed by atoms with Crippen LogP contribution in [-0.2, 0) is 4.74 Å². The number of hydrogen-bond acceptors (Lipinski definition) is 1.